The molecule has 1 atom stereocenters. The van der Waals surface area contributed by atoms with Crippen LogP contribution in [-0.2, 0) is 11.2 Å². The van der Waals surface area contributed by atoms with Crippen molar-refractivity contribution in [2.75, 3.05) is 24.8 Å². The van der Waals surface area contributed by atoms with E-state index in [1.807, 2.05) is 0 Å². The second-order valence-electron chi connectivity index (χ2n) is 11.6. The standard InChI is InChI=1S/C38H42N4O8S/c1-3-4-5-6-7-19-49-29-15-12-25(13-16-29)38(47)50-32-17-11-24(21-33(32)48-2)20-31(37(45)46)42-36(44)26-9-8-10-28(22-26)41-35(43)27-14-18-34(51-40)30(39)23-27/h8-18,21-23,31H,3-7,19-20,39-40H2,1-2H3,(H,41,43)(H,42,44)(H,45,46). The third-order valence-corrected chi connectivity index (χ3v) is 8.49. The Labute approximate surface area is 301 Å². The molecule has 0 spiro atoms. The van der Waals surface area contributed by atoms with Gasteiger partial charge in [0.25, 0.3) is 11.8 Å². The molecule has 268 valence electrons. The Balaban J connectivity index is 1.35. The van der Waals surface area contributed by atoms with E-state index in [1.165, 1.54) is 50.6 Å². The number of ether oxygens (including phenoxy) is 3. The Bertz CT molecular complexity index is 1830. The number of rotatable bonds is 18. The maximum absolute atomic E-state index is 13.1. The number of hydrogen-bond acceptors (Lipinski definition) is 10. The fraction of sp³-hybridized carbons (Fsp3) is 0.263. The highest BCUT2D eigenvalue weighted by molar-refractivity contribution is 7.97. The van der Waals surface area contributed by atoms with Crippen LogP contribution in [-0.4, -0.2) is 48.6 Å². The number of benzene rings is 4. The van der Waals surface area contributed by atoms with Crippen molar-refractivity contribution < 1.29 is 38.5 Å². The molecule has 4 aromatic rings. The second-order valence-corrected chi connectivity index (χ2v) is 12.3. The lowest BCUT2D eigenvalue weighted by atomic mass is 10.0. The van der Waals surface area contributed by atoms with Gasteiger partial charge in [-0.05, 0) is 96.7 Å². The fourth-order valence-electron chi connectivity index (χ4n) is 5.08. The summed E-state index contributed by atoms with van der Waals surface area (Å²) in [7, 11) is 1.40. The average Bonchev–Trinajstić information content (AvgIpc) is 3.13. The molecule has 0 aromatic heterocycles. The summed E-state index contributed by atoms with van der Waals surface area (Å²) in [5, 5.41) is 20.7. The molecule has 0 aliphatic carbocycles. The van der Waals surface area contributed by atoms with Crippen molar-refractivity contribution in [2.24, 2.45) is 5.14 Å². The summed E-state index contributed by atoms with van der Waals surface area (Å²) < 4.78 is 16.8. The van der Waals surface area contributed by atoms with E-state index in [0.717, 1.165) is 24.8 Å². The molecule has 0 saturated carbocycles. The smallest absolute Gasteiger partial charge is 0.343 e. The van der Waals surface area contributed by atoms with Crippen LogP contribution in [0, 0.1) is 0 Å². The summed E-state index contributed by atoms with van der Waals surface area (Å²) in [6, 6.07) is 20.8. The van der Waals surface area contributed by atoms with Crippen molar-refractivity contribution in [1.82, 2.24) is 5.32 Å². The minimum Gasteiger partial charge on any atom is -0.494 e. The summed E-state index contributed by atoms with van der Waals surface area (Å²) >= 11 is 0.969. The molecular weight excluding hydrogens is 673 g/mol. The number of carboxylic acids is 1. The number of amides is 2. The van der Waals surface area contributed by atoms with E-state index in [4.69, 9.17) is 25.1 Å². The zero-order chi connectivity index (χ0) is 36.8. The minimum atomic E-state index is -1.31. The monoisotopic (exact) mass is 714 g/mol. The Morgan fingerprint density at radius 3 is 2.24 bits per heavy atom. The number of carbonyl (C=O) groups excluding carboxylic acids is 3. The largest absolute Gasteiger partial charge is 0.494 e. The maximum atomic E-state index is 13.1. The number of hydrogen-bond donors (Lipinski definition) is 5. The summed E-state index contributed by atoms with van der Waals surface area (Å²) in [5.41, 5.74) is 7.87. The van der Waals surface area contributed by atoms with Crippen molar-refractivity contribution in [2.45, 2.75) is 56.4 Å². The molecule has 51 heavy (non-hydrogen) atoms. The third-order valence-electron chi connectivity index (χ3n) is 7.86. The van der Waals surface area contributed by atoms with Gasteiger partial charge < -0.3 is 35.7 Å². The van der Waals surface area contributed by atoms with Crippen LogP contribution in [0.3, 0.4) is 0 Å². The summed E-state index contributed by atoms with van der Waals surface area (Å²) in [4.78, 5) is 51.6. The SMILES string of the molecule is CCCCCCCOc1ccc(C(=O)Oc2ccc(CC(NC(=O)c3cccc(NC(=O)c4ccc(SN)c(N)c4)c3)C(=O)O)cc2OC)cc1. The second kappa shape index (κ2) is 19.0. The lowest BCUT2D eigenvalue weighted by Gasteiger charge is -2.17. The molecule has 0 bridgehead atoms. The number of methoxy groups -OCH3 is 1. The molecule has 0 fully saturated rings. The van der Waals surface area contributed by atoms with E-state index < -0.39 is 29.8 Å². The number of carbonyl (C=O) groups is 4. The Morgan fingerprint density at radius 1 is 0.824 bits per heavy atom. The predicted molar refractivity (Wildman–Crippen MR) is 197 cm³/mol. The van der Waals surface area contributed by atoms with Gasteiger partial charge in [0.1, 0.15) is 11.8 Å². The normalized spacial score (nSPS) is 11.3. The van der Waals surface area contributed by atoms with Crippen LogP contribution in [0.5, 0.6) is 17.2 Å². The first-order valence-corrected chi connectivity index (χ1v) is 17.3. The third kappa shape index (κ3) is 11.2. The first kappa shape index (κ1) is 38.3. The number of aliphatic carboxylic acids is 1. The number of nitrogens with two attached hydrogens (primary N) is 2. The minimum absolute atomic E-state index is 0.0966. The maximum Gasteiger partial charge on any atom is 0.343 e. The number of carboxylic acid groups (broad SMARTS) is 1. The van der Waals surface area contributed by atoms with Gasteiger partial charge in [-0.2, -0.15) is 0 Å². The van der Waals surface area contributed by atoms with Gasteiger partial charge >= 0.3 is 11.9 Å². The highest BCUT2D eigenvalue weighted by Crippen LogP contribution is 2.30. The molecule has 4 aromatic carbocycles. The lowest BCUT2D eigenvalue weighted by Crippen LogP contribution is -2.42. The molecule has 12 nitrogen and oxygen atoms in total. The molecule has 7 N–H and O–H groups in total. The van der Waals surface area contributed by atoms with E-state index in [-0.39, 0.29) is 23.5 Å². The van der Waals surface area contributed by atoms with Crippen LogP contribution in [0.1, 0.15) is 75.7 Å². The lowest BCUT2D eigenvalue weighted by molar-refractivity contribution is -0.139. The van der Waals surface area contributed by atoms with E-state index in [0.29, 0.717) is 45.3 Å². The molecule has 2 amide bonds. The summed E-state index contributed by atoms with van der Waals surface area (Å²) in [5.74, 6) is -1.96. The van der Waals surface area contributed by atoms with Crippen molar-refractivity contribution >= 4 is 47.1 Å². The molecular formula is C38H42N4O8S. The number of esters is 1. The van der Waals surface area contributed by atoms with Gasteiger partial charge in [0.15, 0.2) is 11.5 Å². The molecule has 0 heterocycles. The Morgan fingerprint density at radius 2 is 1.55 bits per heavy atom. The van der Waals surface area contributed by atoms with Gasteiger partial charge in [-0.3, -0.25) is 14.7 Å². The number of nitrogen functional groups attached to an aromatic ring is 1. The van der Waals surface area contributed by atoms with Gasteiger partial charge in [-0.1, -0.05) is 44.7 Å². The van der Waals surface area contributed by atoms with Crippen LogP contribution >= 0.6 is 11.9 Å². The number of nitrogens with one attached hydrogen (secondary N) is 2. The number of anilines is 2. The van der Waals surface area contributed by atoms with Crippen LogP contribution in [0.25, 0.3) is 0 Å². The molecule has 0 aliphatic rings. The van der Waals surface area contributed by atoms with Gasteiger partial charge in [0.05, 0.1) is 19.3 Å². The van der Waals surface area contributed by atoms with Crippen LogP contribution < -0.4 is 35.7 Å². The van der Waals surface area contributed by atoms with Crippen molar-refractivity contribution in [3.63, 3.8) is 0 Å². The molecule has 13 heteroatoms. The molecule has 0 radical (unpaired) electrons. The van der Waals surface area contributed by atoms with E-state index in [2.05, 4.69) is 17.6 Å². The highest BCUT2D eigenvalue weighted by atomic mass is 32.2. The highest BCUT2D eigenvalue weighted by Gasteiger charge is 2.23. The Kier molecular flexibility index (Phi) is 14.3. The van der Waals surface area contributed by atoms with Gasteiger partial charge in [-0.25, -0.2) is 9.59 Å². The average molecular weight is 715 g/mol. The van der Waals surface area contributed by atoms with Gasteiger partial charge in [0, 0.05) is 33.8 Å². The molecule has 0 saturated heterocycles. The predicted octanol–water partition coefficient (Wildman–Crippen LogP) is 6.49. The van der Waals surface area contributed by atoms with Crippen LogP contribution in [0.2, 0.25) is 0 Å². The number of unbranched alkanes of at least 4 members (excludes halogenated alkanes) is 4. The van der Waals surface area contributed by atoms with Gasteiger partial charge in [-0.15, -0.1) is 0 Å². The van der Waals surface area contributed by atoms with Crippen LogP contribution in [0.4, 0.5) is 11.4 Å². The first-order chi connectivity index (χ1) is 24.6. The van der Waals surface area contributed by atoms with Crippen molar-refractivity contribution in [3.05, 3.63) is 107 Å². The molecule has 1 unspecified atom stereocenters. The topological polar surface area (TPSA) is 192 Å². The zero-order valence-corrected chi connectivity index (χ0v) is 29.3. The van der Waals surface area contributed by atoms with E-state index >= 15 is 0 Å². The Hall–Kier alpha value is -5.53. The van der Waals surface area contributed by atoms with E-state index in [9.17, 15) is 24.3 Å². The quantitative estimate of drug-likeness (QED) is 0.0249. The summed E-state index contributed by atoms with van der Waals surface area (Å²) in [6.07, 6.45) is 5.58. The first-order valence-electron chi connectivity index (χ1n) is 16.4. The van der Waals surface area contributed by atoms with Crippen molar-refractivity contribution in [1.29, 1.82) is 0 Å². The summed E-state index contributed by atoms with van der Waals surface area (Å²) in [6.45, 7) is 2.78. The van der Waals surface area contributed by atoms with Gasteiger partial charge in [0.2, 0.25) is 0 Å². The molecule has 0 aliphatic heterocycles. The van der Waals surface area contributed by atoms with E-state index in [1.54, 1.807) is 60.7 Å². The van der Waals surface area contributed by atoms with Crippen molar-refractivity contribution in [3.8, 4) is 17.2 Å². The fourth-order valence-corrected chi connectivity index (χ4v) is 5.42. The zero-order valence-electron chi connectivity index (χ0n) is 28.5. The van der Waals surface area contributed by atoms with Crippen LogP contribution in [0.15, 0.2) is 89.8 Å². The molecule has 4 rings (SSSR count).